The molecular formula is C10H14BrClN4O. The molecule has 1 aromatic rings. The van der Waals surface area contributed by atoms with Gasteiger partial charge in [0.1, 0.15) is 5.75 Å². The summed E-state index contributed by atoms with van der Waals surface area (Å²) in [4.78, 5) is 0. The highest BCUT2D eigenvalue weighted by molar-refractivity contribution is 9.10. The molecule has 0 unspecified atom stereocenters. The van der Waals surface area contributed by atoms with E-state index in [-0.39, 0.29) is 18.4 Å². The quantitative estimate of drug-likeness (QED) is 0.504. The first-order valence-electron chi connectivity index (χ1n) is 4.67. The van der Waals surface area contributed by atoms with Crippen LogP contribution in [0.25, 0.3) is 0 Å². The van der Waals surface area contributed by atoms with Crippen molar-refractivity contribution in [2.75, 3.05) is 6.61 Å². The Kier molecular flexibility index (Phi) is 7.32. The van der Waals surface area contributed by atoms with Crippen LogP contribution < -0.4 is 16.2 Å². The second-order valence-electron chi connectivity index (χ2n) is 2.88. The van der Waals surface area contributed by atoms with Crippen LogP contribution in [0.2, 0.25) is 0 Å². The Hall–Kier alpha value is -1.27. The summed E-state index contributed by atoms with van der Waals surface area (Å²) < 4.78 is 6.36. The fraction of sp³-hybridized carbons (Fsp3) is 0.200. The lowest BCUT2D eigenvalue weighted by atomic mass is 10.2. The second-order valence-corrected chi connectivity index (χ2v) is 3.80. The van der Waals surface area contributed by atoms with Crippen molar-refractivity contribution in [2.45, 2.75) is 6.92 Å². The van der Waals surface area contributed by atoms with Gasteiger partial charge >= 0.3 is 0 Å². The maximum atomic E-state index is 5.43. The Morgan fingerprint density at radius 1 is 1.47 bits per heavy atom. The summed E-state index contributed by atoms with van der Waals surface area (Å²) in [7, 11) is 0. The number of ether oxygens (including phenoxy) is 1. The summed E-state index contributed by atoms with van der Waals surface area (Å²) >= 11 is 3.37. The van der Waals surface area contributed by atoms with E-state index in [9.17, 15) is 0 Å². The van der Waals surface area contributed by atoms with Crippen molar-refractivity contribution in [1.82, 2.24) is 0 Å². The third-order valence-corrected chi connectivity index (χ3v) is 2.13. The highest BCUT2D eigenvalue weighted by Gasteiger charge is 2.01. The van der Waals surface area contributed by atoms with Gasteiger partial charge < -0.3 is 16.2 Å². The zero-order valence-corrected chi connectivity index (χ0v) is 11.7. The number of rotatable bonds is 4. The number of nitrogens with zero attached hydrogens (tertiary/aromatic N) is 2. The minimum Gasteiger partial charge on any atom is -0.493 e. The molecule has 94 valence electrons. The number of halogens is 2. The fourth-order valence-electron chi connectivity index (χ4n) is 1.06. The van der Waals surface area contributed by atoms with Crippen molar-refractivity contribution >= 4 is 40.5 Å². The minimum absolute atomic E-state index is 0. The summed E-state index contributed by atoms with van der Waals surface area (Å²) in [6.45, 7) is 2.50. The number of benzene rings is 1. The summed E-state index contributed by atoms with van der Waals surface area (Å²) in [6.07, 6.45) is 1.54. The summed E-state index contributed by atoms with van der Waals surface area (Å²) in [6, 6.07) is 5.62. The monoisotopic (exact) mass is 320 g/mol. The van der Waals surface area contributed by atoms with E-state index in [1.807, 2.05) is 25.1 Å². The van der Waals surface area contributed by atoms with Crippen LogP contribution >= 0.6 is 28.3 Å². The molecule has 0 heterocycles. The van der Waals surface area contributed by atoms with E-state index in [0.29, 0.717) is 6.61 Å². The number of hydrogen-bond donors (Lipinski definition) is 2. The molecule has 0 bridgehead atoms. The first kappa shape index (κ1) is 15.7. The molecule has 0 radical (unpaired) electrons. The maximum Gasteiger partial charge on any atom is 0.211 e. The lowest BCUT2D eigenvalue weighted by molar-refractivity contribution is 0.339. The van der Waals surface area contributed by atoms with Gasteiger partial charge in [-0.1, -0.05) is 15.9 Å². The van der Waals surface area contributed by atoms with Gasteiger partial charge in [0.15, 0.2) is 0 Å². The van der Waals surface area contributed by atoms with E-state index in [1.165, 1.54) is 6.21 Å². The van der Waals surface area contributed by atoms with Crippen molar-refractivity contribution in [3.8, 4) is 5.75 Å². The minimum atomic E-state index is -0.0794. The average molecular weight is 322 g/mol. The Labute approximate surface area is 114 Å². The van der Waals surface area contributed by atoms with E-state index in [4.69, 9.17) is 16.2 Å². The van der Waals surface area contributed by atoms with Gasteiger partial charge in [-0.05, 0) is 25.1 Å². The second kappa shape index (κ2) is 7.92. The molecule has 5 nitrogen and oxygen atoms in total. The number of hydrogen-bond acceptors (Lipinski definition) is 3. The zero-order chi connectivity index (χ0) is 12.0. The Morgan fingerprint density at radius 3 is 2.76 bits per heavy atom. The molecule has 0 fully saturated rings. The molecule has 0 spiro atoms. The van der Waals surface area contributed by atoms with E-state index in [0.717, 1.165) is 15.8 Å². The topological polar surface area (TPSA) is 86.0 Å². The van der Waals surface area contributed by atoms with Crippen LogP contribution in [-0.2, 0) is 0 Å². The van der Waals surface area contributed by atoms with Crippen LogP contribution in [-0.4, -0.2) is 18.8 Å². The van der Waals surface area contributed by atoms with Crippen LogP contribution in [0.3, 0.4) is 0 Å². The Bertz CT molecular complexity index is 419. The zero-order valence-electron chi connectivity index (χ0n) is 9.26. The van der Waals surface area contributed by atoms with Crippen LogP contribution in [0.15, 0.2) is 32.9 Å². The number of guanidine groups is 1. The van der Waals surface area contributed by atoms with Crippen LogP contribution in [0.1, 0.15) is 12.5 Å². The molecule has 0 aromatic heterocycles. The molecule has 17 heavy (non-hydrogen) atoms. The summed E-state index contributed by atoms with van der Waals surface area (Å²) in [5.74, 6) is 0.657. The molecule has 0 atom stereocenters. The lowest BCUT2D eigenvalue weighted by Gasteiger charge is -2.06. The predicted octanol–water partition coefficient (Wildman–Crippen LogP) is 1.88. The molecule has 1 aromatic carbocycles. The lowest BCUT2D eigenvalue weighted by Crippen LogP contribution is -2.21. The average Bonchev–Trinajstić information content (AvgIpc) is 2.21. The molecule has 0 saturated carbocycles. The van der Waals surface area contributed by atoms with Gasteiger partial charge in [-0.2, -0.15) is 5.10 Å². The van der Waals surface area contributed by atoms with Gasteiger partial charge in [-0.25, -0.2) is 0 Å². The first-order valence-corrected chi connectivity index (χ1v) is 5.47. The van der Waals surface area contributed by atoms with Crippen molar-refractivity contribution in [1.29, 1.82) is 0 Å². The Morgan fingerprint density at radius 2 is 2.18 bits per heavy atom. The van der Waals surface area contributed by atoms with Gasteiger partial charge in [-0.3, -0.25) is 0 Å². The van der Waals surface area contributed by atoms with E-state index in [1.54, 1.807) is 0 Å². The van der Waals surface area contributed by atoms with E-state index in [2.05, 4.69) is 26.1 Å². The van der Waals surface area contributed by atoms with E-state index < -0.39 is 0 Å². The molecule has 0 aliphatic heterocycles. The van der Waals surface area contributed by atoms with Crippen molar-refractivity contribution < 1.29 is 4.74 Å². The highest BCUT2D eigenvalue weighted by Crippen LogP contribution is 2.21. The highest BCUT2D eigenvalue weighted by atomic mass is 79.9. The van der Waals surface area contributed by atoms with Crippen LogP contribution in [0.5, 0.6) is 5.75 Å². The molecule has 1 rings (SSSR count). The van der Waals surface area contributed by atoms with E-state index >= 15 is 0 Å². The molecular weight excluding hydrogens is 307 g/mol. The molecule has 0 aliphatic rings. The number of nitrogens with two attached hydrogens (primary N) is 2. The molecule has 0 amide bonds. The predicted molar refractivity (Wildman–Crippen MR) is 76.0 cm³/mol. The van der Waals surface area contributed by atoms with Crippen LogP contribution in [0, 0.1) is 0 Å². The normalized spacial score (nSPS) is 9.76. The van der Waals surface area contributed by atoms with Gasteiger partial charge in [0.05, 0.1) is 12.8 Å². The van der Waals surface area contributed by atoms with Gasteiger partial charge in [0.25, 0.3) is 0 Å². The van der Waals surface area contributed by atoms with Crippen molar-refractivity contribution in [2.24, 2.45) is 21.7 Å². The molecule has 4 N–H and O–H groups in total. The third-order valence-electron chi connectivity index (χ3n) is 1.64. The van der Waals surface area contributed by atoms with Gasteiger partial charge in [0.2, 0.25) is 5.96 Å². The molecule has 0 saturated heterocycles. The molecule has 0 aliphatic carbocycles. The standard InChI is InChI=1S/C10H13BrN4O.ClH/c1-2-16-9-4-3-8(11)5-7(9)6-14-15-10(12)13;/h3-6H,2H2,1H3,(H4,12,13,15);1H/b14-6+;. The summed E-state index contributed by atoms with van der Waals surface area (Å²) in [5, 5.41) is 7.26. The fourth-order valence-corrected chi connectivity index (χ4v) is 1.44. The third kappa shape index (κ3) is 5.55. The Balaban J connectivity index is 0.00000256. The van der Waals surface area contributed by atoms with Gasteiger partial charge in [0, 0.05) is 10.0 Å². The largest absolute Gasteiger partial charge is 0.493 e. The molecule has 7 heteroatoms. The van der Waals surface area contributed by atoms with Crippen molar-refractivity contribution in [3.63, 3.8) is 0 Å². The van der Waals surface area contributed by atoms with Gasteiger partial charge in [-0.15, -0.1) is 17.5 Å². The van der Waals surface area contributed by atoms with Crippen LogP contribution in [0.4, 0.5) is 0 Å². The smallest absolute Gasteiger partial charge is 0.211 e. The SMILES string of the molecule is CCOc1ccc(Br)cc1/C=N/N=C(N)N.Cl. The first-order chi connectivity index (χ1) is 7.63. The maximum absolute atomic E-state index is 5.43. The van der Waals surface area contributed by atoms with Crippen molar-refractivity contribution in [3.05, 3.63) is 28.2 Å². The summed E-state index contributed by atoms with van der Waals surface area (Å²) in [5.41, 5.74) is 11.1.